The van der Waals surface area contributed by atoms with E-state index in [-0.39, 0.29) is 70.6 Å². The van der Waals surface area contributed by atoms with Gasteiger partial charge in [0.05, 0.1) is 18.1 Å². The van der Waals surface area contributed by atoms with E-state index in [1.165, 1.54) is 0 Å². The van der Waals surface area contributed by atoms with Crippen molar-refractivity contribution >= 4 is 28.7 Å². The van der Waals surface area contributed by atoms with Crippen molar-refractivity contribution in [2.75, 3.05) is 0 Å². The average Bonchev–Trinajstić information content (AvgIpc) is 2.95. The maximum atomic E-state index is 11.9. The van der Waals surface area contributed by atoms with E-state index in [4.69, 9.17) is 11.5 Å². The zero-order valence-electron chi connectivity index (χ0n) is 14.0. The number of carbonyl (C=O) groups excluding carboxylic acids is 3. The van der Waals surface area contributed by atoms with Crippen molar-refractivity contribution in [2.24, 2.45) is 11.5 Å². The molecule has 9 heteroatoms. The molecule has 0 spiro atoms. The first kappa shape index (κ1) is 21.8. The van der Waals surface area contributed by atoms with Gasteiger partial charge < -0.3 is 31.7 Å². The van der Waals surface area contributed by atoms with Crippen molar-refractivity contribution in [3.63, 3.8) is 0 Å². The van der Waals surface area contributed by atoms with Gasteiger partial charge in [-0.15, -0.1) is 0 Å². The van der Waals surface area contributed by atoms with Crippen LogP contribution in [0, 0.1) is 0 Å². The smallest absolute Gasteiger partial charge is 0.548 e. The molecule has 8 nitrogen and oxygen atoms in total. The van der Waals surface area contributed by atoms with Gasteiger partial charge in [-0.25, -0.2) is 0 Å². The summed E-state index contributed by atoms with van der Waals surface area (Å²) in [6.07, 6.45) is 1.74. The number of nitrogens with two attached hydrogens (primary N) is 2. The molecule has 0 fully saturated rings. The number of benzene rings is 1. The molecule has 2 amide bonds. The van der Waals surface area contributed by atoms with Crippen LogP contribution in [0.25, 0.3) is 10.9 Å². The van der Waals surface area contributed by atoms with Crippen molar-refractivity contribution in [2.45, 2.75) is 31.3 Å². The predicted molar refractivity (Wildman–Crippen MR) is 85.3 cm³/mol. The summed E-state index contributed by atoms with van der Waals surface area (Å²) in [5.74, 6) is -2.62. The number of para-hydroxylation sites is 1. The van der Waals surface area contributed by atoms with Crippen LogP contribution in [-0.4, -0.2) is 34.9 Å². The van der Waals surface area contributed by atoms with Gasteiger partial charge >= 0.3 is 51.4 Å². The van der Waals surface area contributed by atoms with Crippen LogP contribution in [0.3, 0.4) is 0 Å². The monoisotopic (exact) mass is 370 g/mol. The number of aromatic amines is 1. The van der Waals surface area contributed by atoms with Gasteiger partial charge in [0.1, 0.15) is 0 Å². The maximum absolute atomic E-state index is 11.9. The average molecular weight is 370 g/mol. The summed E-state index contributed by atoms with van der Waals surface area (Å²) in [6.45, 7) is 0. The number of H-pyrrole nitrogens is 1. The summed E-state index contributed by atoms with van der Waals surface area (Å²) < 4.78 is 0. The van der Waals surface area contributed by atoms with Crippen LogP contribution in [0.2, 0.25) is 0 Å². The molecular weight excluding hydrogens is 351 g/mol. The van der Waals surface area contributed by atoms with Gasteiger partial charge in [-0.1, -0.05) is 18.2 Å². The molecule has 25 heavy (non-hydrogen) atoms. The second kappa shape index (κ2) is 10.0. The molecule has 0 bridgehead atoms. The van der Waals surface area contributed by atoms with Crippen LogP contribution in [0.1, 0.15) is 18.4 Å². The molecular formula is C16H19KN4O4. The van der Waals surface area contributed by atoms with E-state index < -0.39 is 29.9 Å². The molecule has 2 rings (SSSR count). The molecule has 0 aliphatic carbocycles. The van der Waals surface area contributed by atoms with Crippen LogP contribution in [-0.2, 0) is 20.8 Å². The number of carboxylic acid groups (broad SMARTS) is 1. The molecule has 1 aromatic heterocycles. The molecule has 1 aromatic carbocycles. The summed E-state index contributed by atoms with van der Waals surface area (Å²) in [5, 5.41) is 14.6. The zero-order chi connectivity index (χ0) is 17.7. The summed E-state index contributed by atoms with van der Waals surface area (Å²) in [6, 6.07) is 5.32. The molecule has 0 unspecified atom stereocenters. The fourth-order valence-corrected chi connectivity index (χ4v) is 2.41. The number of nitrogens with one attached hydrogen (secondary N) is 2. The van der Waals surface area contributed by atoms with E-state index >= 15 is 0 Å². The number of amides is 2. The summed E-state index contributed by atoms with van der Waals surface area (Å²) in [5.41, 5.74) is 12.1. The topological polar surface area (TPSA) is 154 Å². The Morgan fingerprint density at radius 1 is 1.24 bits per heavy atom. The van der Waals surface area contributed by atoms with E-state index in [1.54, 1.807) is 6.20 Å². The minimum Gasteiger partial charge on any atom is -0.548 e. The van der Waals surface area contributed by atoms with E-state index in [1.807, 2.05) is 24.3 Å². The van der Waals surface area contributed by atoms with Crippen LogP contribution in [0.15, 0.2) is 30.5 Å². The van der Waals surface area contributed by atoms with Crippen LogP contribution in [0.5, 0.6) is 0 Å². The Balaban J connectivity index is 0.00000312. The van der Waals surface area contributed by atoms with Gasteiger partial charge in [-0.05, 0) is 18.1 Å². The van der Waals surface area contributed by atoms with Crippen molar-refractivity contribution in [1.82, 2.24) is 10.3 Å². The van der Waals surface area contributed by atoms with Crippen molar-refractivity contribution in [3.05, 3.63) is 36.0 Å². The first-order valence-electron chi connectivity index (χ1n) is 7.48. The molecule has 0 saturated carbocycles. The van der Waals surface area contributed by atoms with Gasteiger partial charge in [0, 0.05) is 29.9 Å². The first-order chi connectivity index (χ1) is 11.4. The molecule has 0 aliphatic rings. The number of carboxylic acids is 1. The van der Waals surface area contributed by atoms with Gasteiger partial charge in [-0.3, -0.25) is 9.59 Å². The van der Waals surface area contributed by atoms with Crippen molar-refractivity contribution < 1.29 is 70.9 Å². The van der Waals surface area contributed by atoms with Crippen LogP contribution in [0.4, 0.5) is 0 Å². The normalized spacial score (nSPS) is 12.8. The largest absolute Gasteiger partial charge is 1.00 e. The Bertz CT molecular complexity index is 761. The SMILES string of the molecule is NC(=O)[C@H](N)CCC(=O)N[C@H](Cc1c[nH]c2ccccc12)C(=O)[O-].[K+]. The predicted octanol–water partition coefficient (Wildman–Crippen LogP) is -4.46. The Kier molecular flexibility index (Phi) is 8.76. The molecule has 0 radical (unpaired) electrons. The van der Waals surface area contributed by atoms with Gasteiger partial charge in [0.2, 0.25) is 11.8 Å². The summed E-state index contributed by atoms with van der Waals surface area (Å²) in [4.78, 5) is 37.0. The fourth-order valence-electron chi connectivity index (χ4n) is 2.41. The fraction of sp³-hybridized carbons (Fsp3) is 0.312. The van der Waals surface area contributed by atoms with Crippen LogP contribution < -0.4 is 73.3 Å². The molecule has 2 atom stereocenters. The second-order valence-corrected chi connectivity index (χ2v) is 5.55. The number of hydrogen-bond acceptors (Lipinski definition) is 5. The number of carbonyl (C=O) groups is 3. The summed E-state index contributed by atoms with van der Waals surface area (Å²) in [7, 11) is 0. The maximum Gasteiger partial charge on any atom is 1.00 e. The van der Waals surface area contributed by atoms with Gasteiger partial charge in [-0.2, -0.15) is 0 Å². The van der Waals surface area contributed by atoms with Gasteiger partial charge in [0.15, 0.2) is 0 Å². The minimum atomic E-state index is -1.38. The van der Waals surface area contributed by atoms with E-state index in [0.717, 1.165) is 16.5 Å². The van der Waals surface area contributed by atoms with Gasteiger partial charge in [0.25, 0.3) is 0 Å². The van der Waals surface area contributed by atoms with E-state index in [2.05, 4.69) is 10.3 Å². The number of fused-ring (bicyclic) bond motifs is 1. The number of rotatable bonds is 8. The first-order valence-corrected chi connectivity index (χ1v) is 7.48. The third-order valence-electron chi connectivity index (χ3n) is 3.77. The van der Waals surface area contributed by atoms with Crippen molar-refractivity contribution in [1.29, 1.82) is 0 Å². The molecule has 2 aromatic rings. The molecule has 0 aliphatic heterocycles. The Morgan fingerprint density at radius 2 is 1.92 bits per heavy atom. The molecule has 6 N–H and O–H groups in total. The van der Waals surface area contributed by atoms with E-state index in [9.17, 15) is 19.5 Å². The van der Waals surface area contributed by atoms with Crippen LogP contribution >= 0.6 is 0 Å². The third kappa shape index (κ3) is 6.21. The Hall–Kier alpha value is -1.23. The zero-order valence-corrected chi connectivity index (χ0v) is 17.1. The Labute approximate surface area is 187 Å². The number of hydrogen-bond donors (Lipinski definition) is 4. The molecule has 1 heterocycles. The standard InChI is InChI=1S/C16H20N4O4.K/c17-11(15(18)22)5-6-14(21)20-13(16(23)24)7-9-8-19-12-4-2-1-3-10(9)12;/h1-4,8,11,13,19H,5-7,17H2,(H2,18,22)(H,20,21)(H,23,24);/q;+1/p-1/t11-,13-;/m1./s1. The number of aliphatic carboxylic acids is 1. The molecule has 0 saturated heterocycles. The quantitative estimate of drug-likeness (QED) is 0.345. The van der Waals surface area contributed by atoms with E-state index in [0.29, 0.717) is 0 Å². The number of primary amides is 1. The third-order valence-corrected chi connectivity index (χ3v) is 3.77. The Morgan fingerprint density at radius 3 is 2.56 bits per heavy atom. The van der Waals surface area contributed by atoms with Crippen molar-refractivity contribution in [3.8, 4) is 0 Å². The number of aromatic nitrogens is 1. The minimum absolute atomic E-state index is 0. The molecule has 128 valence electrons. The summed E-state index contributed by atoms with van der Waals surface area (Å²) >= 11 is 0. The second-order valence-electron chi connectivity index (χ2n) is 5.55.